The zero-order valence-corrected chi connectivity index (χ0v) is 13.3. The predicted molar refractivity (Wildman–Crippen MR) is 78.3 cm³/mol. The monoisotopic (exact) mass is 307 g/mol. The van der Waals surface area contributed by atoms with Gasteiger partial charge in [-0.25, -0.2) is 0 Å². The van der Waals surface area contributed by atoms with Gasteiger partial charge in [-0.15, -0.1) is 0 Å². The minimum Gasteiger partial charge on any atom is -0.316 e. The van der Waals surface area contributed by atoms with Crippen molar-refractivity contribution in [2.75, 3.05) is 46.3 Å². The lowest BCUT2D eigenvalue weighted by atomic mass is 9.85. The summed E-state index contributed by atoms with van der Waals surface area (Å²) < 4.78 is 37.2. The number of alkyl halides is 3. The van der Waals surface area contributed by atoms with Gasteiger partial charge in [-0.2, -0.15) is 13.2 Å². The van der Waals surface area contributed by atoms with Crippen LogP contribution >= 0.6 is 0 Å². The van der Waals surface area contributed by atoms with E-state index in [4.69, 9.17) is 0 Å². The first-order valence-corrected chi connectivity index (χ1v) is 7.90. The third kappa shape index (κ3) is 4.57. The van der Waals surface area contributed by atoms with Gasteiger partial charge in [-0.1, -0.05) is 13.8 Å². The average Bonchev–Trinajstić information content (AvgIpc) is 2.64. The molecule has 0 aromatic rings. The molecule has 124 valence electrons. The summed E-state index contributed by atoms with van der Waals surface area (Å²) >= 11 is 0. The Labute approximate surface area is 125 Å². The lowest BCUT2D eigenvalue weighted by molar-refractivity contribution is -0.149. The van der Waals surface area contributed by atoms with Gasteiger partial charge in [0.2, 0.25) is 0 Å². The minimum absolute atomic E-state index is 0.317. The van der Waals surface area contributed by atoms with Gasteiger partial charge in [0.05, 0.1) is 6.54 Å². The summed E-state index contributed by atoms with van der Waals surface area (Å²) in [6, 6.07) is 0.505. The molecule has 2 aliphatic rings. The maximum atomic E-state index is 12.4. The molecule has 2 atom stereocenters. The van der Waals surface area contributed by atoms with E-state index in [1.807, 2.05) is 7.05 Å². The second-order valence-electron chi connectivity index (χ2n) is 7.25. The molecule has 0 radical (unpaired) electrons. The van der Waals surface area contributed by atoms with Crippen molar-refractivity contribution in [3.63, 3.8) is 0 Å². The van der Waals surface area contributed by atoms with E-state index in [1.54, 1.807) is 0 Å². The molecule has 0 bridgehead atoms. The Bertz CT molecular complexity index is 336. The Morgan fingerprint density at radius 1 is 1.10 bits per heavy atom. The Hall–Kier alpha value is -0.330. The molecule has 3 nitrogen and oxygen atoms in total. The summed E-state index contributed by atoms with van der Waals surface area (Å²) in [6.45, 7) is 7.41. The van der Waals surface area contributed by atoms with Crippen molar-refractivity contribution < 1.29 is 13.2 Å². The van der Waals surface area contributed by atoms with Crippen LogP contribution in [0.15, 0.2) is 0 Å². The van der Waals surface area contributed by atoms with Gasteiger partial charge in [-0.3, -0.25) is 4.90 Å². The molecule has 2 fully saturated rings. The van der Waals surface area contributed by atoms with Crippen molar-refractivity contribution in [1.82, 2.24) is 15.1 Å². The van der Waals surface area contributed by atoms with Crippen LogP contribution in [0.1, 0.15) is 26.7 Å². The molecule has 0 spiro atoms. The highest BCUT2D eigenvalue weighted by atomic mass is 19.4. The van der Waals surface area contributed by atoms with Gasteiger partial charge in [-0.05, 0) is 31.2 Å². The van der Waals surface area contributed by atoms with E-state index in [2.05, 4.69) is 24.1 Å². The maximum Gasteiger partial charge on any atom is 0.401 e. The van der Waals surface area contributed by atoms with Crippen molar-refractivity contribution in [2.45, 2.75) is 38.9 Å². The SMILES string of the molecule is CNC1C(CN2CCN(CC(F)(F)F)CC2)CCC1(C)C. The van der Waals surface area contributed by atoms with Crippen molar-refractivity contribution >= 4 is 0 Å². The first kappa shape index (κ1) is 17.0. The summed E-state index contributed by atoms with van der Waals surface area (Å²) in [7, 11) is 2.02. The van der Waals surface area contributed by atoms with E-state index in [0.717, 1.165) is 19.6 Å². The normalized spacial score (nSPS) is 31.7. The number of hydrogen-bond donors (Lipinski definition) is 1. The van der Waals surface area contributed by atoms with Crippen molar-refractivity contribution in [3.05, 3.63) is 0 Å². The maximum absolute atomic E-state index is 12.4. The number of hydrogen-bond acceptors (Lipinski definition) is 3. The van der Waals surface area contributed by atoms with Crippen LogP contribution in [0, 0.1) is 11.3 Å². The van der Waals surface area contributed by atoms with Gasteiger partial charge >= 0.3 is 6.18 Å². The van der Waals surface area contributed by atoms with Crippen molar-refractivity contribution in [1.29, 1.82) is 0 Å². The van der Waals surface area contributed by atoms with E-state index in [9.17, 15) is 13.2 Å². The van der Waals surface area contributed by atoms with E-state index in [0.29, 0.717) is 30.5 Å². The number of nitrogens with zero attached hydrogens (tertiary/aromatic N) is 2. The van der Waals surface area contributed by atoms with Crippen LogP contribution in [0.3, 0.4) is 0 Å². The van der Waals surface area contributed by atoms with E-state index < -0.39 is 12.7 Å². The Balaban J connectivity index is 1.79. The summed E-state index contributed by atoms with van der Waals surface area (Å²) in [5.41, 5.74) is 0.317. The second-order valence-corrected chi connectivity index (χ2v) is 7.25. The number of nitrogens with one attached hydrogen (secondary N) is 1. The molecule has 1 aliphatic heterocycles. The molecular weight excluding hydrogens is 279 g/mol. The molecule has 1 N–H and O–H groups in total. The quantitative estimate of drug-likeness (QED) is 0.859. The third-order valence-electron chi connectivity index (χ3n) is 5.14. The fourth-order valence-corrected chi connectivity index (χ4v) is 4.06. The minimum atomic E-state index is -4.07. The fraction of sp³-hybridized carbons (Fsp3) is 1.00. The fourth-order valence-electron chi connectivity index (χ4n) is 4.06. The molecule has 1 aliphatic carbocycles. The van der Waals surface area contributed by atoms with Gasteiger partial charge < -0.3 is 10.2 Å². The van der Waals surface area contributed by atoms with Crippen LogP contribution in [-0.4, -0.2) is 68.3 Å². The first-order chi connectivity index (χ1) is 9.71. The average molecular weight is 307 g/mol. The molecule has 1 saturated carbocycles. The van der Waals surface area contributed by atoms with Crippen LogP contribution in [0.25, 0.3) is 0 Å². The topological polar surface area (TPSA) is 18.5 Å². The zero-order valence-electron chi connectivity index (χ0n) is 13.3. The van der Waals surface area contributed by atoms with Crippen LogP contribution in [0.2, 0.25) is 0 Å². The van der Waals surface area contributed by atoms with Crippen LogP contribution in [-0.2, 0) is 0 Å². The van der Waals surface area contributed by atoms with Gasteiger partial charge in [0.1, 0.15) is 0 Å². The van der Waals surface area contributed by atoms with Crippen molar-refractivity contribution in [2.24, 2.45) is 11.3 Å². The molecule has 0 amide bonds. The highest BCUT2D eigenvalue weighted by Crippen LogP contribution is 2.41. The summed E-state index contributed by atoms with van der Waals surface area (Å²) in [4.78, 5) is 3.86. The molecule has 6 heteroatoms. The molecule has 21 heavy (non-hydrogen) atoms. The Morgan fingerprint density at radius 2 is 1.67 bits per heavy atom. The number of halogens is 3. The van der Waals surface area contributed by atoms with E-state index in [-0.39, 0.29) is 0 Å². The summed E-state index contributed by atoms with van der Waals surface area (Å²) in [5.74, 6) is 0.610. The highest BCUT2D eigenvalue weighted by Gasteiger charge is 2.41. The lowest BCUT2D eigenvalue weighted by Crippen LogP contribution is -2.52. The van der Waals surface area contributed by atoms with Gasteiger partial charge in [0, 0.05) is 38.8 Å². The number of rotatable bonds is 4. The molecule has 0 aromatic heterocycles. The molecule has 2 rings (SSSR count). The van der Waals surface area contributed by atoms with Crippen LogP contribution in [0.5, 0.6) is 0 Å². The molecule has 0 aromatic carbocycles. The highest BCUT2D eigenvalue weighted by molar-refractivity contribution is 4.96. The van der Waals surface area contributed by atoms with E-state index in [1.165, 1.54) is 17.7 Å². The molecular formula is C15H28F3N3. The third-order valence-corrected chi connectivity index (χ3v) is 5.14. The Morgan fingerprint density at radius 3 is 2.19 bits per heavy atom. The smallest absolute Gasteiger partial charge is 0.316 e. The van der Waals surface area contributed by atoms with E-state index >= 15 is 0 Å². The standard InChI is InChI=1S/C15H28F3N3/c1-14(2)5-4-12(13(14)19-3)10-20-6-8-21(9-7-20)11-15(16,17)18/h12-13,19H,4-11H2,1-3H3. The second kappa shape index (κ2) is 6.42. The lowest BCUT2D eigenvalue weighted by Gasteiger charge is -2.38. The predicted octanol–water partition coefficient (Wildman–Crippen LogP) is 2.19. The number of piperazine rings is 1. The van der Waals surface area contributed by atoms with Crippen molar-refractivity contribution in [3.8, 4) is 0 Å². The molecule has 2 unspecified atom stereocenters. The molecule has 1 saturated heterocycles. The van der Waals surface area contributed by atoms with Gasteiger partial charge in [0.25, 0.3) is 0 Å². The summed E-state index contributed by atoms with van der Waals surface area (Å²) in [5, 5.41) is 3.45. The van der Waals surface area contributed by atoms with Crippen LogP contribution in [0.4, 0.5) is 13.2 Å². The summed E-state index contributed by atoms with van der Waals surface area (Å²) in [6.07, 6.45) is -1.65. The Kier molecular flexibility index (Phi) is 5.21. The zero-order chi connectivity index (χ0) is 15.7. The van der Waals surface area contributed by atoms with Gasteiger partial charge in [0.15, 0.2) is 0 Å². The molecule has 1 heterocycles. The largest absolute Gasteiger partial charge is 0.401 e. The van der Waals surface area contributed by atoms with Crippen LogP contribution < -0.4 is 5.32 Å². The first-order valence-electron chi connectivity index (χ1n) is 7.90.